The highest BCUT2D eigenvalue weighted by Crippen LogP contribution is 2.27. The van der Waals surface area contributed by atoms with Crippen molar-refractivity contribution in [2.45, 2.75) is 32.7 Å². The lowest BCUT2D eigenvalue weighted by Gasteiger charge is -2.09. The molecular weight excluding hydrogens is 216 g/mol. The van der Waals surface area contributed by atoms with E-state index in [4.69, 9.17) is 0 Å². The molecular formula is C13H18N2S. The average molecular weight is 234 g/mol. The van der Waals surface area contributed by atoms with Crippen LogP contribution in [-0.2, 0) is 6.42 Å². The Balaban J connectivity index is 2.04. The molecule has 0 amide bonds. The second-order valence-corrected chi connectivity index (χ2v) is 5.66. The molecule has 3 heteroatoms. The second kappa shape index (κ2) is 4.50. The Morgan fingerprint density at radius 2 is 2.00 bits per heavy atom. The molecule has 0 spiro atoms. The van der Waals surface area contributed by atoms with Crippen molar-refractivity contribution in [1.29, 1.82) is 0 Å². The number of nitrogens with one attached hydrogen (secondary N) is 1. The van der Waals surface area contributed by atoms with Gasteiger partial charge in [-0.05, 0) is 38.0 Å². The summed E-state index contributed by atoms with van der Waals surface area (Å²) < 4.78 is 0. The molecule has 1 aromatic rings. The van der Waals surface area contributed by atoms with Crippen LogP contribution in [-0.4, -0.2) is 16.5 Å². The van der Waals surface area contributed by atoms with E-state index in [-0.39, 0.29) is 5.54 Å². The number of rotatable bonds is 2. The van der Waals surface area contributed by atoms with Crippen molar-refractivity contribution < 1.29 is 0 Å². The van der Waals surface area contributed by atoms with Crippen molar-refractivity contribution in [3.05, 3.63) is 29.8 Å². The Morgan fingerprint density at radius 1 is 1.31 bits per heavy atom. The number of thioether (sulfide) groups is 1. The number of anilines is 1. The van der Waals surface area contributed by atoms with Gasteiger partial charge in [0.25, 0.3) is 0 Å². The smallest absolute Gasteiger partial charge is 0.161 e. The van der Waals surface area contributed by atoms with Gasteiger partial charge < -0.3 is 5.32 Å². The van der Waals surface area contributed by atoms with Gasteiger partial charge in [-0.15, -0.1) is 0 Å². The molecule has 1 aliphatic heterocycles. The fraction of sp³-hybridized carbons (Fsp3) is 0.462. The van der Waals surface area contributed by atoms with Crippen LogP contribution < -0.4 is 5.32 Å². The summed E-state index contributed by atoms with van der Waals surface area (Å²) >= 11 is 1.79. The molecule has 1 heterocycles. The van der Waals surface area contributed by atoms with Crippen LogP contribution in [0.5, 0.6) is 0 Å². The van der Waals surface area contributed by atoms with Crippen LogP contribution in [0.2, 0.25) is 0 Å². The fourth-order valence-electron chi connectivity index (χ4n) is 1.60. The molecule has 0 radical (unpaired) electrons. The average Bonchev–Trinajstić information content (AvgIpc) is 2.59. The molecule has 0 saturated carbocycles. The number of aryl methyl sites for hydroxylation is 1. The van der Waals surface area contributed by atoms with E-state index in [9.17, 15) is 0 Å². The molecule has 1 N–H and O–H groups in total. The Bertz CT molecular complexity index is 393. The molecule has 16 heavy (non-hydrogen) atoms. The normalized spacial score (nSPS) is 18.3. The first-order valence-corrected chi connectivity index (χ1v) is 6.66. The zero-order chi connectivity index (χ0) is 11.6. The van der Waals surface area contributed by atoms with Crippen LogP contribution in [0.15, 0.2) is 29.3 Å². The maximum absolute atomic E-state index is 4.63. The van der Waals surface area contributed by atoms with Crippen LogP contribution in [0.4, 0.5) is 5.69 Å². The van der Waals surface area contributed by atoms with E-state index in [1.165, 1.54) is 5.56 Å². The topological polar surface area (TPSA) is 24.4 Å². The van der Waals surface area contributed by atoms with Crippen molar-refractivity contribution in [2.24, 2.45) is 4.99 Å². The lowest BCUT2D eigenvalue weighted by molar-refractivity contribution is 0.605. The highest BCUT2D eigenvalue weighted by atomic mass is 32.2. The number of hydrogen-bond donors (Lipinski definition) is 1. The van der Waals surface area contributed by atoms with Gasteiger partial charge in [0.1, 0.15) is 0 Å². The minimum Gasteiger partial charge on any atom is -0.335 e. The number of aliphatic imine (C=N–C) groups is 1. The fourth-order valence-corrected chi connectivity index (χ4v) is 2.65. The molecule has 0 aliphatic carbocycles. The first-order valence-electron chi connectivity index (χ1n) is 5.68. The van der Waals surface area contributed by atoms with Gasteiger partial charge in [0, 0.05) is 11.4 Å². The highest BCUT2D eigenvalue weighted by molar-refractivity contribution is 8.14. The van der Waals surface area contributed by atoms with Gasteiger partial charge >= 0.3 is 0 Å². The SMILES string of the molecule is CCc1ccc(NC2=NC(C)(C)CS2)cc1. The van der Waals surface area contributed by atoms with Gasteiger partial charge in [-0.1, -0.05) is 30.8 Å². The van der Waals surface area contributed by atoms with E-state index >= 15 is 0 Å². The third-order valence-corrected chi connectivity index (χ3v) is 3.90. The standard InChI is InChI=1S/C13H18N2S/c1-4-10-5-7-11(8-6-10)14-12-15-13(2,3)9-16-12/h5-8H,4,9H2,1-3H3,(H,14,15). The second-order valence-electron chi connectivity index (χ2n) is 4.69. The molecule has 0 bridgehead atoms. The first-order chi connectivity index (χ1) is 7.59. The van der Waals surface area contributed by atoms with Gasteiger partial charge in [-0.3, -0.25) is 4.99 Å². The van der Waals surface area contributed by atoms with E-state index in [2.05, 4.69) is 55.3 Å². The number of hydrogen-bond acceptors (Lipinski definition) is 3. The summed E-state index contributed by atoms with van der Waals surface area (Å²) in [6.07, 6.45) is 1.09. The lowest BCUT2D eigenvalue weighted by atomic mass is 10.1. The summed E-state index contributed by atoms with van der Waals surface area (Å²) in [5, 5.41) is 4.40. The van der Waals surface area contributed by atoms with Crippen molar-refractivity contribution in [3.63, 3.8) is 0 Å². The minimum absolute atomic E-state index is 0.0797. The molecule has 2 rings (SSSR count). The summed E-state index contributed by atoms with van der Waals surface area (Å²) in [5.74, 6) is 1.06. The summed E-state index contributed by atoms with van der Waals surface area (Å²) in [5.41, 5.74) is 2.57. The molecule has 86 valence electrons. The largest absolute Gasteiger partial charge is 0.335 e. The highest BCUT2D eigenvalue weighted by Gasteiger charge is 2.25. The van der Waals surface area contributed by atoms with Crippen molar-refractivity contribution in [1.82, 2.24) is 0 Å². The van der Waals surface area contributed by atoms with E-state index < -0.39 is 0 Å². The van der Waals surface area contributed by atoms with E-state index in [0.717, 1.165) is 23.0 Å². The molecule has 0 saturated heterocycles. The van der Waals surface area contributed by atoms with Gasteiger partial charge in [-0.25, -0.2) is 0 Å². The number of benzene rings is 1. The summed E-state index contributed by atoms with van der Waals surface area (Å²) in [6.45, 7) is 6.49. The third-order valence-electron chi connectivity index (χ3n) is 2.58. The van der Waals surface area contributed by atoms with E-state index in [0.29, 0.717) is 0 Å². The molecule has 0 unspecified atom stereocenters. The molecule has 0 aromatic heterocycles. The lowest BCUT2D eigenvalue weighted by Crippen LogP contribution is -2.15. The van der Waals surface area contributed by atoms with E-state index in [1.54, 1.807) is 11.8 Å². The summed E-state index contributed by atoms with van der Waals surface area (Å²) in [7, 11) is 0. The van der Waals surface area contributed by atoms with E-state index in [1.807, 2.05) is 0 Å². The molecule has 1 aromatic carbocycles. The monoisotopic (exact) mass is 234 g/mol. The van der Waals surface area contributed by atoms with Crippen LogP contribution >= 0.6 is 11.8 Å². The Hall–Kier alpha value is -0.960. The summed E-state index contributed by atoms with van der Waals surface area (Å²) in [4.78, 5) is 4.63. The van der Waals surface area contributed by atoms with Crippen LogP contribution in [0, 0.1) is 0 Å². The molecule has 0 atom stereocenters. The molecule has 2 nitrogen and oxygen atoms in total. The van der Waals surface area contributed by atoms with Crippen LogP contribution in [0.3, 0.4) is 0 Å². The third kappa shape index (κ3) is 2.79. The Labute approximate surface area is 102 Å². The van der Waals surface area contributed by atoms with Gasteiger partial charge in [0.05, 0.1) is 5.54 Å². The number of nitrogens with zero attached hydrogens (tertiary/aromatic N) is 1. The number of amidine groups is 1. The van der Waals surface area contributed by atoms with Crippen molar-refractivity contribution in [3.8, 4) is 0 Å². The zero-order valence-electron chi connectivity index (χ0n) is 10.1. The minimum atomic E-state index is 0.0797. The van der Waals surface area contributed by atoms with Crippen LogP contribution in [0.25, 0.3) is 0 Å². The Morgan fingerprint density at radius 3 is 2.50 bits per heavy atom. The summed E-state index contributed by atoms with van der Waals surface area (Å²) in [6, 6.07) is 8.56. The Kier molecular flexibility index (Phi) is 3.24. The van der Waals surface area contributed by atoms with Crippen LogP contribution in [0.1, 0.15) is 26.3 Å². The van der Waals surface area contributed by atoms with Crippen molar-refractivity contribution in [2.75, 3.05) is 11.1 Å². The quantitative estimate of drug-likeness (QED) is 0.846. The maximum atomic E-state index is 4.63. The predicted molar refractivity (Wildman–Crippen MR) is 73.4 cm³/mol. The predicted octanol–water partition coefficient (Wildman–Crippen LogP) is 3.54. The van der Waals surface area contributed by atoms with Gasteiger partial charge in [0.2, 0.25) is 0 Å². The molecule has 1 aliphatic rings. The van der Waals surface area contributed by atoms with Crippen molar-refractivity contribution >= 4 is 22.6 Å². The van der Waals surface area contributed by atoms with Gasteiger partial charge in [0.15, 0.2) is 5.17 Å². The zero-order valence-corrected chi connectivity index (χ0v) is 10.9. The maximum Gasteiger partial charge on any atom is 0.161 e. The first kappa shape index (κ1) is 11.5. The molecule has 0 fully saturated rings. The van der Waals surface area contributed by atoms with Gasteiger partial charge in [-0.2, -0.15) is 0 Å².